The van der Waals surface area contributed by atoms with Gasteiger partial charge in [0, 0.05) is 23.5 Å². The summed E-state index contributed by atoms with van der Waals surface area (Å²) in [6.45, 7) is 4.00. The lowest BCUT2D eigenvalue weighted by Crippen LogP contribution is -2.28. The second-order valence-electron chi connectivity index (χ2n) is 3.68. The summed E-state index contributed by atoms with van der Waals surface area (Å²) >= 11 is 1.64. The van der Waals surface area contributed by atoms with Crippen molar-refractivity contribution in [2.75, 3.05) is 0 Å². The van der Waals surface area contributed by atoms with Crippen LogP contribution >= 0.6 is 11.3 Å². The second-order valence-corrected chi connectivity index (χ2v) is 4.94. The van der Waals surface area contributed by atoms with Gasteiger partial charge in [-0.3, -0.25) is 10.8 Å². The SMILES string of the molecule is Cc1cncc(C(NN)c2cnc(C)s2)c1. The molecule has 2 aromatic heterocycles. The molecule has 0 aliphatic rings. The Kier molecular flexibility index (Phi) is 3.28. The first-order chi connectivity index (χ1) is 7.70. The average molecular weight is 234 g/mol. The van der Waals surface area contributed by atoms with Crippen LogP contribution in [0.3, 0.4) is 0 Å². The quantitative estimate of drug-likeness (QED) is 0.627. The highest BCUT2D eigenvalue weighted by molar-refractivity contribution is 7.11. The van der Waals surface area contributed by atoms with Crippen LogP contribution in [0, 0.1) is 13.8 Å². The molecule has 2 heterocycles. The maximum absolute atomic E-state index is 5.60. The van der Waals surface area contributed by atoms with Crippen molar-refractivity contribution < 1.29 is 0 Å². The van der Waals surface area contributed by atoms with E-state index in [1.165, 1.54) is 0 Å². The van der Waals surface area contributed by atoms with Gasteiger partial charge in [0.15, 0.2) is 0 Å². The van der Waals surface area contributed by atoms with E-state index < -0.39 is 0 Å². The Labute approximate surface area is 98.5 Å². The van der Waals surface area contributed by atoms with E-state index in [1.807, 2.05) is 32.4 Å². The lowest BCUT2D eigenvalue weighted by Gasteiger charge is -2.13. The molecule has 5 heteroatoms. The van der Waals surface area contributed by atoms with Crippen LogP contribution in [0.25, 0.3) is 0 Å². The zero-order chi connectivity index (χ0) is 11.5. The average Bonchev–Trinajstić information content (AvgIpc) is 2.66. The molecule has 84 valence electrons. The molecule has 0 saturated heterocycles. The van der Waals surface area contributed by atoms with Crippen molar-refractivity contribution in [2.24, 2.45) is 5.84 Å². The van der Waals surface area contributed by atoms with Gasteiger partial charge in [-0.05, 0) is 25.0 Å². The van der Waals surface area contributed by atoms with Gasteiger partial charge in [-0.1, -0.05) is 6.07 Å². The highest BCUT2D eigenvalue weighted by Gasteiger charge is 2.15. The van der Waals surface area contributed by atoms with Crippen molar-refractivity contribution in [3.63, 3.8) is 0 Å². The topological polar surface area (TPSA) is 63.8 Å². The molecule has 0 radical (unpaired) electrons. The van der Waals surface area contributed by atoms with Gasteiger partial charge in [0.1, 0.15) is 0 Å². The van der Waals surface area contributed by atoms with Gasteiger partial charge in [-0.15, -0.1) is 11.3 Å². The Morgan fingerprint density at radius 2 is 2.12 bits per heavy atom. The number of hydrogen-bond donors (Lipinski definition) is 2. The van der Waals surface area contributed by atoms with E-state index >= 15 is 0 Å². The molecular formula is C11H14N4S. The van der Waals surface area contributed by atoms with Gasteiger partial charge < -0.3 is 0 Å². The molecule has 0 spiro atoms. The number of rotatable bonds is 3. The van der Waals surface area contributed by atoms with Crippen LogP contribution in [0.4, 0.5) is 0 Å². The molecule has 0 saturated carbocycles. The van der Waals surface area contributed by atoms with E-state index in [0.29, 0.717) is 0 Å². The summed E-state index contributed by atoms with van der Waals surface area (Å²) in [4.78, 5) is 9.51. The smallest absolute Gasteiger partial charge is 0.0897 e. The van der Waals surface area contributed by atoms with Gasteiger partial charge in [0.25, 0.3) is 0 Å². The van der Waals surface area contributed by atoms with E-state index in [9.17, 15) is 0 Å². The normalized spacial score (nSPS) is 12.7. The molecule has 2 rings (SSSR count). The van der Waals surface area contributed by atoms with Crippen LogP contribution in [0.2, 0.25) is 0 Å². The molecule has 4 nitrogen and oxygen atoms in total. The molecule has 0 aliphatic heterocycles. The van der Waals surface area contributed by atoms with Crippen molar-refractivity contribution in [1.82, 2.24) is 15.4 Å². The number of pyridine rings is 1. The molecule has 0 amide bonds. The van der Waals surface area contributed by atoms with Crippen LogP contribution in [0.5, 0.6) is 0 Å². The zero-order valence-corrected chi connectivity index (χ0v) is 10.1. The third kappa shape index (κ3) is 2.27. The van der Waals surface area contributed by atoms with E-state index in [1.54, 1.807) is 11.3 Å². The Bertz CT molecular complexity index is 480. The number of hydrazine groups is 1. The number of nitrogens with zero attached hydrogens (tertiary/aromatic N) is 2. The maximum atomic E-state index is 5.60. The Morgan fingerprint density at radius 1 is 1.31 bits per heavy atom. The highest BCUT2D eigenvalue weighted by atomic mass is 32.1. The molecule has 1 atom stereocenters. The fraction of sp³-hybridized carbons (Fsp3) is 0.273. The van der Waals surface area contributed by atoms with Crippen molar-refractivity contribution in [2.45, 2.75) is 19.9 Å². The predicted octanol–water partition coefficient (Wildman–Crippen LogP) is 1.71. The molecule has 3 N–H and O–H groups in total. The van der Waals surface area contributed by atoms with Gasteiger partial charge in [-0.2, -0.15) is 0 Å². The minimum Gasteiger partial charge on any atom is -0.271 e. The predicted molar refractivity (Wildman–Crippen MR) is 65.0 cm³/mol. The largest absolute Gasteiger partial charge is 0.271 e. The van der Waals surface area contributed by atoms with Crippen molar-refractivity contribution >= 4 is 11.3 Å². The van der Waals surface area contributed by atoms with Crippen molar-refractivity contribution in [3.8, 4) is 0 Å². The van der Waals surface area contributed by atoms with Crippen LogP contribution in [0.15, 0.2) is 24.7 Å². The van der Waals surface area contributed by atoms with Gasteiger partial charge >= 0.3 is 0 Å². The van der Waals surface area contributed by atoms with Crippen LogP contribution in [0.1, 0.15) is 27.1 Å². The van der Waals surface area contributed by atoms with E-state index in [2.05, 4.69) is 21.5 Å². The third-order valence-corrected chi connectivity index (χ3v) is 3.30. The molecule has 0 aliphatic carbocycles. The number of aromatic nitrogens is 2. The van der Waals surface area contributed by atoms with Crippen LogP contribution < -0.4 is 11.3 Å². The van der Waals surface area contributed by atoms with E-state index in [0.717, 1.165) is 21.0 Å². The molecule has 2 aromatic rings. The van der Waals surface area contributed by atoms with Gasteiger partial charge in [0.05, 0.1) is 11.0 Å². The van der Waals surface area contributed by atoms with Gasteiger partial charge in [-0.25, -0.2) is 10.4 Å². The van der Waals surface area contributed by atoms with Crippen molar-refractivity contribution in [3.05, 3.63) is 45.7 Å². The zero-order valence-electron chi connectivity index (χ0n) is 9.27. The summed E-state index contributed by atoms with van der Waals surface area (Å²) in [6, 6.07) is 2.05. The molecule has 0 aromatic carbocycles. The first-order valence-corrected chi connectivity index (χ1v) is 5.82. The summed E-state index contributed by atoms with van der Waals surface area (Å²) in [5, 5.41) is 1.04. The first kappa shape index (κ1) is 11.2. The fourth-order valence-corrected chi connectivity index (χ4v) is 2.46. The minimum atomic E-state index is -0.0291. The van der Waals surface area contributed by atoms with E-state index in [-0.39, 0.29) is 6.04 Å². The lowest BCUT2D eigenvalue weighted by molar-refractivity contribution is 0.642. The Hall–Kier alpha value is -1.30. The van der Waals surface area contributed by atoms with Gasteiger partial charge in [0.2, 0.25) is 0 Å². The fourth-order valence-electron chi connectivity index (χ4n) is 1.59. The summed E-state index contributed by atoms with van der Waals surface area (Å²) in [6.07, 6.45) is 5.51. The third-order valence-electron chi connectivity index (χ3n) is 2.32. The number of nitrogens with one attached hydrogen (secondary N) is 1. The minimum absolute atomic E-state index is 0.0291. The lowest BCUT2D eigenvalue weighted by atomic mass is 10.1. The summed E-state index contributed by atoms with van der Waals surface area (Å²) in [7, 11) is 0. The first-order valence-electron chi connectivity index (χ1n) is 5.00. The highest BCUT2D eigenvalue weighted by Crippen LogP contribution is 2.25. The van der Waals surface area contributed by atoms with Crippen LogP contribution in [-0.2, 0) is 0 Å². The summed E-state index contributed by atoms with van der Waals surface area (Å²) < 4.78 is 0. The number of thiazole rings is 1. The van der Waals surface area contributed by atoms with E-state index in [4.69, 9.17) is 5.84 Å². The second kappa shape index (κ2) is 4.69. The monoisotopic (exact) mass is 234 g/mol. The van der Waals surface area contributed by atoms with Crippen molar-refractivity contribution in [1.29, 1.82) is 0 Å². The molecule has 0 bridgehead atoms. The standard InChI is InChI=1S/C11H14N4S/c1-7-3-9(5-13-4-7)11(15-12)10-6-14-8(2)16-10/h3-6,11,15H,12H2,1-2H3. The Morgan fingerprint density at radius 3 is 2.69 bits per heavy atom. The molecule has 0 fully saturated rings. The number of hydrogen-bond acceptors (Lipinski definition) is 5. The number of nitrogens with two attached hydrogens (primary N) is 1. The molecule has 16 heavy (non-hydrogen) atoms. The number of aryl methyl sites for hydroxylation is 2. The molecule has 1 unspecified atom stereocenters. The van der Waals surface area contributed by atoms with Crippen LogP contribution in [-0.4, -0.2) is 9.97 Å². The molecular weight excluding hydrogens is 220 g/mol. The maximum Gasteiger partial charge on any atom is 0.0897 e. The summed E-state index contributed by atoms with van der Waals surface area (Å²) in [5.41, 5.74) is 4.99. The summed E-state index contributed by atoms with van der Waals surface area (Å²) in [5.74, 6) is 5.60. The Balaban J connectivity index is 2.36.